The summed E-state index contributed by atoms with van der Waals surface area (Å²) in [6, 6.07) is 9.61. The number of fused-ring (bicyclic) bond motifs is 4. The number of piperidine rings is 1. The van der Waals surface area contributed by atoms with Gasteiger partial charge in [-0.15, -0.1) is 0 Å². The highest BCUT2D eigenvalue weighted by molar-refractivity contribution is 7.89. The summed E-state index contributed by atoms with van der Waals surface area (Å²) in [4.78, 5) is 25.9. The van der Waals surface area contributed by atoms with Crippen molar-refractivity contribution in [3.05, 3.63) is 52.4 Å². The number of ether oxygens (including phenoxy) is 1. The summed E-state index contributed by atoms with van der Waals surface area (Å²) in [5.74, 6) is 0.483. The summed E-state index contributed by atoms with van der Waals surface area (Å²) in [5, 5.41) is 3.09. The Morgan fingerprint density at radius 1 is 1.00 bits per heavy atom. The lowest BCUT2D eigenvalue weighted by Gasteiger charge is -2.42. The van der Waals surface area contributed by atoms with Gasteiger partial charge in [-0.3, -0.25) is 9.59 Å². The predicted molar refractivity (Wildman–Crippen MR) is 129 cm³/mol. The minimum atomic E-state index is -3.69. The fourth-order valence-corrected chi connectivity index (χ4v) is 7.33. The Bertz CT molecular complexity index is 1230. The number of hydrogen-bond donors (Lipinski definition) is 1. The van der Waals surface area contributed by atoms with E-state index in [2.05, 4.69) is 5.32 Å². The van der Waals surface area contributed by atoms with Gasteiger partial charge in [0.1, 0.15) is 5.75 Å². The molecular weight excluding hydrogens is 454 g/mol. The largest absolute Gasteiger partial charge is 0.497 e. The Morgan fingerprint density at radius 2 is 1.74 bits per heavy atom. The Balaban J connectivity index is 1.43. The zero-order valence-corrected chi connectivity index (χ0v) is 20.2. The third kappa shape index (κ3) is 4.27. The lowest BCUT2D eigenvalue weighted by Crippen LogP contribution is -2.49. The van der Waals surface area contributed by atoms with Gasteiger partial charge < -0.3 is 14.6 Å². The van der Waals surface area contributed by atoms with Gasteiger partial charge in [0, 0.05) is 43.2 Å². The fraction of sp³-hybridized carbons (Fsp3) is 0.520. The van der Waals surface area contributed by atoms with Crippen molar-refractivity contribution in [1.82, 2.24) is 8.87 Å². The van der Waals surface area contributed by atoms with E-state index < -0.39 is 10.0 Å². The molecule has 2 aromatic rings. The fourth-order valence-electron chi connectivity index (χ4n) is 5.77. The number of hydrogen-bond acceptors (Lipinski definition) is 5. The zero-order valence-electron chi connectivity index (χ0n) is 19.4. The third-order valence-corrected chi connectivity index (χ3v) is 9.33. The average Bonchev–Trinajstić information content (AvgIpc) is 2.86. The molecule has 0 spiro atoms. The summed E-state index contributed by atoms with van der Waals surface area (Å²) >= 11 is 0. The number of pyridine rings is 1. The van der Waals surface area contributed by atoms with Gasteiger partial charge in [0.05, 0.1) is 17.7 Å². The number of methoxy groups -OCH3 is 1. The van der Waals surface area contributed by atoms with Crippen LogP contribution in [0, 0.1) is 11.8 Å². The smallest absolute Gasteiger partial charge is 0.250 e. The number of amides is 1. The molecule has 2 bridgehead atoms. The molecule has 0 radical (unpaired) electrons. The highest BCUT2D eigenvalue weighted by Crippen LogP contribution is 2.40. The van der Waals surface area contributed by atoms with Crippen LogP contribution < -0.4 is 15.6 Å². The molecule has 1 aromatic heterocycles. The highest BCUT2D eigenvalue weighted by Gasteiger charge is 2.41. The van der Waals surface area contributed by atoms with E-state index in [9.17, 15) is 18.0 Å². The zero-order chi connectivity index (χ0) is 23.9. The van der Waals surface area contributed by atoms with E-state index in [0.717, 1.165) is 37.8 Å². The van der Waals surface area contributed by atoms with Gasteiger partial charge in [-0.05, 0) is 55.5 Å². The lowest BCUT2D eigenvalue weighted by atomic mass is 9.83. The van der Waals surface area contributed by atoms with Crippen molar-refractivity contribution in [1.29, 1.82) is 0 Å². The Hall–Kier alpha value is -2.65. The summed E-state index contributed by atoms with van der Waals surface area (Å²) in [6.07, 6.45) is 5.87. The van der Waals surface area contributed by atoms with Crippen LogP contribution in [0.3, 0.4) is 0 Å². The molecule has 9 heteroatoms. The first kappa shape index (κ1) is 23.1. The van der Waals surface area contributed by atoms with Crippen LogP contribution in [0.4, 0.5) is 5.69 Å². The van der Waals surface area contributed by atoms with Crippen LogP contribution >= 0.6 is 0 Å². The standard InChI is InChI=1S/C25H31N3O5S/c1-33-20-7-9-21(10-8-20)34(31,32)27-14-17-13-19(16-27)24-22(11-12-23(29)28(24)15-17)26-25(30)18-5-3-2-4-6-18/h7-12,17-19H,2-6,13-16H2,1H3,(H,26,30). The van der Waals surface area contributed by atoms with Crippen molar-refractivity contribution in [3.8, 4) is 5.75 Å². The molecule has 1 aliphatic carbocycles. The summed E-state index contributed by atoms with van der Waals surface area (Å²) < 4.78 is 35.2. The SMILES string of the molecule is COc1ccc(S(=O)(=O)N2CC3CC(C2)c2c(NC(=O)C4CCCCC4)ccc(=O)n2C3)cc1. The minimum Gasteiger partial charge on any atom is -0.497 e. The van der Waals surface area contributed by atoms with E-state index in [1.807, 2.05) is 0 Å². The van der Waals surface area contributed by atoms with Gasteiger partial charge >= 0.3 is 0 Å². The molecule has 1 N–H and O–H groups in total. The molecule has 2 unspecified atom stereocenters. The van der Waals surface area contributed by atoms with Gasteiger partial charge in [0.2, 0.25) is 15.9 Å². The van der Waals surface area contributed by atoms with Crippen molar-refractivity contribution >= 4 is 21.6 Å². The second-order valence-corrected chi connectivity index (χ2v) is 11.6. The maximum atomic E-state index is 13.4. The first-order valence-corrected chi connectivity index (χ1v) is 13.5. The molecule has 1 aromatic carbocycles. The van der Waals surface area contributed by atoms with Gasteiger partial charge in [0.25, 0.3) is 5.56 Å². The first-order chi connectivity index (χ1) is 16.4. The van der Waals surface area contributed by atoms with Crippen LogP contribution in [0.2, 0.25) is 0 Å². The molecular formula is C25H31N3O5S. The van der Waals surface area contributed by atoms with Crippen molar-refractivity contribution < 1.29 is 17.9 Å². The Morgan fingerprint density at radius 3 is 2.44 bits per heavy atom. The summed E-state index contributed by atoms with van der Waals surface area (Å²) in [6.45, 7) is 1.10. The molecule has 3 heterocycles. The first-order valence-electron chi connectivity index (χ1n) is 12.1. The molecule has 34 heavy (non-hydrogen) atoms. The molecule has 2 atom stereocenters. The Kier molecular flexibility index (Phi) is 6.24. The number of aromatic nitrogens is 1. The van der Waals surface area contributed by atoms with Crippen molar-refractivity contribution in [2.75, 3.05) is 25.5 Å². The van der Waals surface area contributed by atoms with Gasteiger partial charge in [-0.25, -0.2) is 8.42 Å². The van der Waals surface area contributed by atoms with Crippen LogP contribution in [-0.4, -0.2) is 43.4 Å². The summed E-state index contributed by atoms with van der Waals surface area (Å²) in [5.41, 5.74) is 1.29. The van der Waals surface area contributed by atoms with Gasteiger partial charge in [-0.1, -0.05) is 19.3 Å². The highest BCUT2D eigenvalue weighted by atomic mass is 32.2. The lowest BCUT2D eigenvalue weighted by molar-refractivity contribution is -0.120. The van der Waals surface area contributed by atoms with E-state index in [1.165, 1.54) is 16.8 Å². The second-order valence-electron chi connectivity index (χ2n) is 9.70. The third-order valence-electron chi connectivity index (χ3n) is 7.49. The van der Waals surface area contributed by atoms with Gasteiger partial charge in [0.15, 0.2) is 0 Å². The van der Waals surface area contributed by atoms with E-state index in [-0.39, 0.29) is 40.7 Å². The molecule has 1 saturated heterocycles. The normalized spacial score (nSPS) is 23.2. The number of rotatable bonds is 5. The number of anilines is 1. The van der Waals surface area contributed by atoms with E-state index in [4.69, 9.17) is 4.74 Å². The van der Waals surface area contributed by atoms with E-state index in [1.54, 1.807) is 42.0 Å². The number of nitrogens with zero attached hydrogens (tertiary/aromatic N) is 2. The van der Waals surface area contributed by atoms with Crippen LogP contribution in [0.25, 0.3) is 0 Å². The molecule has 3 aliphatic rings. The van der Waals surface area contributed by atoms with E-state index in [0.29, 0.717) is 24.5 Å². The topological polar surface area (TPSA) is 97.7 Å². The minimum absolute atomic E-state index is 0.00166. The molecule has 2 aliphatic heterocycles. The number of carbonyl (C=O) groups excluding carboxylic acids is 1. The molecule has 2 fully saturated rings. The average molecular weight is 486 g/mol. The number of benzene rings is 1. The van der Waals surface area contributed by atoms with Crippen molar-refractivity contribution in [3.63, 3.8) is 0 Å². The van der Waals surface area contributed by atoms with Crippen LogP contribution in [0.1, 0.15) is 50.1 Å². The van der Waals surface area contributed by atoms with Gasteiger partial charge in [-0.2, -0.15) is 4.31 Å². The molecule has 182 valence electrons. The molecule has 1 saturated carbocycles. The predicted octanol–water partition coefficient (Wildman–Crippen LogP) is 3.18. The molecule has 1 amide bonds. The van der Waals surface area contributed by atoms with Crippen LogP contribution in [-0.2, 0) is 21.4 Å². The Labute approximate surface area is 200 Å². The van der Waals surface area contributed by atoms with E-state index >= 15 is 0 Å². The quantitative estimate of drug-likeness (QED) is 0.702. The number of sulfonamides is 1. The maximum Gasteiger partial charge on any atom is 0.250 e. The monoisotopic (exact) mass is 485 g/mol. The maximum absolute atomic E-state index is 13.4. The summed E-state index contributed by atoms with van der Waals surface area (Å²) in [7, 11) is -2.15. The number of carbonyl (C=O) groups is 1. The molecule has 8 nitrogen and oxygen atoms in total. The van der Waals surface area contributed by atoms with Crippen LogP contribution in [0.15, 0.2) is 46.1 Å². The molecule has 5 rings (SSSR count). The number of nitrogens with one attached hydrogen (secondary N) is 1. The van der Waals surface area contributed by atoms with Crippen LogP contribution in [0.5, 0.6) is 5.75 Å². The van der Waals surface area contributed by atoms with Crippen molar-refractivity contribution in [2.45, 2.75) is 55.9 Å². The van der Waals surface area contributed by atoms with Crippen molar-refractivity contribution in [2.24, 2.45) is 11.8 Å². The second kappa shape index (κ2) is 9.19.